The van der Waals surface area contributed by atoms with Crippen molar-refractivity contribution in [2.24, 2.45) is 5.92 Å². The maximum Gasteiger partial charge on any atom is 0.228 e. The third kappa shape index (κ3) is 3.60. The first-order chi connectivity index (χ1) is 15.0. The number of carbonyl (C=O) groups excluding carboxylic acids is 2. The number of H-pyrrole nitrogens is 1. The van der Waals surface area contributed by atoms with Gasteiger partial charge in [-0.3, -0.25) is 9.59 Å². The fourth-order valence-corrected chi connectivity index (χ4v) is 5.11. The minimum absolute atomic E-state index is 0.0368. The normalized spacial score (nSPS) is 24.2. The van der Waals surface area contributed by atoms with Crippen LogP contribution in [0.15, 0.2) is 48.5 Å². The quantitative estimate of drug-likeness (QED) is 0.706. The van der Waals surface area contributed by atoms with Crippen molar-refractivity contribution < 1.29 is 9.59 Å². The van der Waals surface area contributed by atoms with E-state index in [2.05, 4.69) is 4.98 Å². The summed E-state index contributed by atoms with van der Waals surface area (Å²) in [6, 6.07) is 16.0. The molecule has 0 radical (unpaired) electrons. The number of piperidine rings is 1. The number of fused-ring (bicyclic) bond motifs is 1. The summed E-state index contributed by atoms with van der Waals surface area (Å²) in [5, 5.41) is 0. The van der Waals surface area contributed by atoms with Crippen LogP contribution < -0.4 is 0 Å². The molecule has 3 heterocycles. The average Bonchev–Trinajstić information content (AvgIpc) is 3.35. The van der Waals surface area contributed by atoms with Gasteiger partial charge in [-0.1, -0.05) is 42.0 Å². The number of aryl methyl sites for hydroxylation is 1. The molecule has 2 aromatic carbocycles. The van der Waals surface area contributed by atoms with E-state index in [1.807, 2.05) is 67.4 Å². The number of carbonyl (C=O) groups is 2. The number of nitrogens with one attached hydrogen (secondary N) is 1. The summed E-state index contributed by atoms with van der Waals surface area (Å²) in [7, 11) is 1.81. The van der Waals surface area contributed by atoms with E-state index in [1.54, 1.807) is 4.90 Å². The van der Waals surface area contributed by atoms with Gasteiger partial charge in [-0.15, -0.1) is 0 Å². The third-order valence-corrected chi connectivity index (χ3v) is 6.85. The lowest BCUT2D eigenvalue weighted by Gasteiger charge is -2.35. The Kier molecular flexibility index (Phi) is 5.00. The molecule has 3 atom stereocenters. The minimum Gasteiger partial charge on any atom is -0.342 e. The fraction of sp³-hybridized carbons (Fsp3) is 0.400. The number of aromatic nitrogens is 2. The molecular formula is C25H28N4O2. The van der Waals surface area contributed by atoms with Crippen molar-refractivity contribution in [1.29, 1.82) is 0 Å². The molecule has 1 N–H and O–H groups in total. The van der Waals surface area contributed by atoms with E-state index in [0.717, 1.165) is 41.8 Å². The maximum absolute atomic E-state index is 13.6. The fourth-order valence-electron chi connectivity index (χ4n) is 5.11. The predicted molar refractivity (Wildman–Crippen MR) is 119 cm³/mol. The molecular weight excluding hydrogens is 388 g/mol. The zero-order valence-electron chi connectivity index (χ0n) is 18.0. The minimum atomic E-state index is -0.338. The maximum atomic E-state index is 13.6. The number of likely N-dealkylation sites (tertiary alicyclic amines) is 2. The molecule has 3 aromatic rings. The second-order valence-electron chi connectivity index (χ2n) is 8.93. The topological polar surface area (TPSA) is 69.3 Å². The molecule has 0 saturated carbocycles. The lowest BCUT2D eigenvalue weighted by atomic mass is 9.90. The number of imidazole rings is 1. The summed E-state index contributed by atoms with van der Waals surface area (Å²) in [5.41, 5.74) is 4.19. The molecule has 0 aliphatic carbocycles. The van der Waals surface area contributed by atoms with Gasteiger partial charge in [-0.05, 0) is 37.5 Å². The first-order valence-corrected chi connectivity index (χ1v) is 11.1. The Balaban J connectivity index is 1.37. The highest BCUT2D eigenvalue weighted by Crippen LogP contribution is 2.39. The van der Waals surface area contributed by atoms with Gasteiger partial charge in [-0.2, -0.15) is 0 Å². The number of para-hydroxylation sites is 2. The molecule has 5 rings (SSSR count). The third-order valence-electron chi connectivity index (χ3n) is 6.85. The van der Waals surface area contributed by atoms with Crippen LogP contribution in [0.2, 0.25) is 0 Å². The monoisotopic (exact) mass is 416 g/mol. The van der Waals surface area contributed by atoms with E-state index in [1.165, 1.54) is 5.56 Å². The van der Waals surface area contributed by atoms with E-state index < -0.39 is 0 Å². The van der Waals surface area contributed by atoms with Gasteiger partial charge < -0.3 is 14.8 Å². The standard InChI is InChI=1S/C25H28N4O2/c1-16-9-11-17(12-10-16)23-19(14-22(30)28(23)2)25(31)29-13-5-6-18(15-29)24-26-20-7-3-4-8-21(20)27-24/h3-4,7-12,18-19,23H,5-6,13-15H2,1-2H3,(H,26,27). The van der Waals surface area contributed by atoms with Crippen molar-refractivity contribution in [3.05, 3.63) is 65.5 Å². The Morgan fingerprint density at radius 1 is 1.13 bits per heavy atom. The molecule has 2 amide bonds. The summed E-state index contributed by atoms with van der Waals surface area (Å²) in [6.07, 6.45) is 2.23. The van der Waals surface area contributed by atoms with Crippen LogP contribution >= 0.6 is 0 Å². The number of amides is 2. The van der Waals surface area contributed by atoms with Crippen LogP contribution in [0.3, 0.4) is 0 Å². The van der Waals surface area contributed by atoms with Crippen LogP contribution in [0.1, 0.15) is 48.2 Å². The van der Waals surface area contributed by atoms with E-state index >= 15 is 0 Å². The van der Waals surface area contributed by atoms with Crippen LogP contribution in [-0.2, 0) is 9.59 Å². The van der Waals surface area contributed by atoms with Crippen LogP contribution in [0, 0.1) is 12.8 Å². The molecule has 6 nitrogen and oxygen atoms in total. The summed E-state index contributed by atoms with van der Waals surface area (Å²) in [6.45, 7) is 3.43. The van der Waals surface area contributed by atoms with Crippen molar-refractivity contribution in [2.75, 3.05) is 20.1 Å². The second-order valence-corrected chi connectivity index (χ2v) is 8.93. The summed E-state index contributed by atoms with van der Waals surface area (Å²) in [5.74, 6) is 0.930. The Morgan fingerprint density at radius 2 is 1.90 bits per heavy atom. The highest BCUT2D eigenvalue weighted by Gasteiger charge is 2.44. The molecule has 2 fully saturated rings. The zero-order valence-corrected chi connectivity index (χ0v) is 18.0. The van der Waals surface area contributed by atoms with Crippen LogP contribution in [0.25, 0.3) is 11.0 Å². The van der Waals surface area contributed by atoms with Crippen molar-refractivity contribution >= 4 is 22.8 Å². The number of aromatic amines is 1. The van der Waals surface area contributed by atoms with Gasteiger partial charge >= 0.3 is 0 Å². The van der Waals surface area contributed by atoms with Gasteiger partial charge in [0.15, 0.2) is 0 Å². The van der Waals surface area contributed by atoms with E-state index in [-0.39, 0.29) is 36.1 Å². The first kappa shape index (κ1) is 19.8. The number of nitrogens with zero attached hydrogens (tertiary/aromatic N) is 3. The summed E-state index contributed by atoms with van der Waals surface area (Å²) < 4.78 is 0. The lowest BCUT2D eigenvalue weighted by Crippen LogP contribution is -2.43. The molecule has 2 aliphatic heterocycles. The average molecular weight is 417 g/mol. The van der Waals surface area contributed by atoms with Gasteiger partial charge in [-0.25, -0.2) is 4.98 Å². The highest BCUT2D eigenvalue weighted by molar-refractivity contribution is 5.90. The Bertz CT molecular complexity index is 1090. The van der Waals surface area contributed by atoms with Crippen LogP contribution in [0.5, 0.6) is 0 Å². The molecule has 2 aliphatic rings. The van der Waals surface area contributed by atoms with Crippen LogP contribution in [-0.4, -0.2) is 51.7 Å². The summed E-state index contributed by atoms with van der Waals surface area (Å²) in [4.78, 5) is 38.1. The SMILES string of the molecule is Cc1ccc(C2C(C(=O)N3CCCC(c4nc5ccccc5[nH]4)C3)CC(=O)N2C)cc1. The van der Waals surface area contributed by atoms with Gasteiger partial charge in [0, 0.05) is 32.5 Å². The Hall–Kier alpha value is -3.15. The van der Waals surface area contributed by atoms with Crippen molar-refractivity contribution in [3.63, 3.8) is 0 Å². The number of hydrogen-bond acceptors (Lipinski definition) is 3. The molecule has 6 heteroatoms. The summed E-state index contributed by atoms with van der Waals surface area (Å²) >= 11 is 0. The van der Waals surface area contributed by atoms with Gasteiger partial charge in [0.1, 0.15) is 5.82 Å². The first-order valence-electron chi connectivity index (χ1n) is 11.1. The van der Waals surface area contributed by atoms with Crippen molar-refractivity contribution in [2.45, 2.75) is 38.1 Å². The molecule has 2 saturated heterocycles. The van der Waals surface area contributed by atoms with Crippen LogP contribution in [0.4, 0.5) is 0 Å². The molecule has 0 bridgehead atoms. The number of hydrogen-bond donors (Lipinski definition) is 1. The smallest absolute Gasteiger partial charge is 0.228 e. The predicted octanol–water partition coefficient (Wildman–Crippen LogP) is 3.80. The zero-order chi connectivity index (χ0) is 21.5. The van der Waals surface area contributed by atoms with E-state index in [0.29, 0.717) is 6.54 Å². The van der Waals surface area contributed by atoms with E-state index in [9.17, 15) is 9.59 Å². The highest BCUT2D eigenvalue weighted by atomic mass is 16.2. The van der Waals surface area contributed by atoms with Gasteiger partial charge in [0.2, 0.25) is 11.8 Å². The molecule has 1 aromatic heterocycles. The molecule has 0 spiro atoms. The number of benzene rings is 2. The largest absolute Gasteiger partial charge is 0.342 e. The van der Waals surface area contributed by atoms with E-state index in [4.69, 9.17) is 4.98 Å². The number of rotatable bonds is 3. The second kappa shape index (κ2) is 7.84. The Labute approximate surface area is 182 Å². The molecule has 31 heavy (non-hydrogen) atoms. The van der Waals surface area contributed by atoms with Crippen molar-refractivity contribution in [3.8, 4) is 0 Å². The van der Waals surface area contributed by atoms with Crippen molar-refractivity contribution in [1.82, 2.24) is 19.8 Å². The van der Waals surface area contributed by atoms with Gasteiger partial charge in [0.25, 0.3) is 0 Å². The van der Waals surface area contributed by atoms with Gasteiger partial charge in [0.05, 0.1) is 23.0 Å². The molecule has 3 unspecified atom stereocenters. The molecule has 160 valence electrons. The lowest BCUT2D eigenvalue weighted by molar-refractivity contribution is -0.137. The Morgan fingerprint density at radius 3 is 2.68 bits per heavy atom.